The molecule has 10 heteroatoms. The molecular weight excluding hydrogens is 751 g/mol. The Kier molecular flexibility index (Phi) is 14.3. The van der Waals surface area contributed by atoms with Crippen molar-refractivity contribution in [2.24, 2.45) is 0 Å². The first kappa shape index (κ1) is 41.9. The number of hydrogen-bond acceptors (Lipinski definition) is 7. The number of nitrogens with zero attached hydrogens (tertiary/aromatic N) is 2. The summed E-state index contributed by atoms with van der Waals surface area (Å²) in [5.74, 6) is -1.54. The summed E-state index contributed by atoms with van der Waals surface area (Å²) in [6.45, 7) is 8.72. The van der Waals surface area contributed by atoms with Crippen LogP contribution in [0.4, 0.5) is 8.78 Å². The second-order valence-corrected chi connectivity index (χ2v) is 15.2. The maximum atomic E-state index is 15.4. The Labute approximate surface area is 345 Å². The van der Waals surface area contributed by atoms with Crippen LogP contribution in [0.2, 0.25) is 0 Å². The van der Waals surface area contributed by atoms with Crippen molar-refractivity contribution in [3.8, 4) is 5.88 Å². The van der Waals surface area contributed by atoms with Gasteiger partial charge in [-0.3, -0.25) is 4.68 Å². The van der Waals surface area contributed by atoms with Crippen molar-refractivity contribution < 1.29 is 37.2 Å². The summed E-state index contributed by atoms with van der Waals surface area (Å²) in [5, 5.41) is 4.90. The zero-order valence-electron chi connectivity index (χ0n) is 34.0. The average molecular weight is 803 g/mol. The molecule has 0 N–H and O–H groups in total. The van der Waals surface area contributed by atoms with Crippen LogP contribution in [0, 0.1) is 25.5 Å². The van der Waals surface area contributed by atoms with Crippen LogP contribution in [0.1, 0.15) is 64.5 Å². The van der Waals surface area contributed by atoms with E-state index in [1.807, 2.05) is 147 Å². The molecule has 0 aliphatic carbocycles. The van der Waals surface area contributed by atoms with Crippen LogP contribution >= 0.6 is 0 Å². The Bertz CT molecular complexity index is 2200. The van der Waals surface area contributed by atoms with Gasteiger partial charge in [0, 0.05) is 23.7 Å². The predicted octanol–water partition coefficient (Wildman–Crippen LogP) is 10.0. The molecule has 2 heterocycles. The van der Waals surface area contributed by atoms with Gasteiger partial charge in [-0.1, -0.05) is 133 Å². The largest absolute Gasteiger partial charge is 0.443 e. The maximum absolute atomic E-state index is 15.4. The Balaban J connectivity index is 1.28. The number of benzene rings is 5. The molecule has 1 fully saturated rings. The normalized spacial score (nSPS) is 19.3. The number of hydrogen-bond donors (Lipinski definition) is 0. The topological polar surface area (TPSA) is 73.2 Å². The lowest BCUT2D eigenvalue weighted by Gasteiger charge is -2.45. The fraction of sp³-hybridized carbons (Fsp3) is 0.327. The highest BCUT2D eigenvalue weighted by atomic mass is 19.2. The van der Waals surface area contributed by atoms with Gasteiger partial charge in [-0.25, -0.2) is 8.78 Å². The molecule has 1 aliphatic heterocycles. The third kappa shape index (κ3) is 10.7. The second kappa shape index (κ2) is 20.2. The van der Waals surface area contributed by atoms with E-state index in [-0.39, 0.29) is 55.9 Å². The van der Waals surface area contributed by atoms with Crippen molar-refractivity contribution >= 4 is 0 Å². The van der Waals surface area contributed by atoms with Gasteiger partial charge in [0.15, 0.2) is 11.6 Å². The Morgan fingerprint density at radius 3 is 1.63 bits per heavy atom. The van der Waals surface area contributed by atoms with E-state index in [4.69, 9.17) is 33.5 Å². The van der Waals surface area contributed by atoms with E-state index in [9.17, 15) is 4.39 Å². The number of rotatable bonds is 18. The van der Waals surface area contributed by atoms with E-state index < -0.39 is 42.3 Å². The Morgan fingerprint density at radius 2 is 1.10 bits per heavy atom. The molecule has 1 saturated heterocycles. The molecule has 308 valence electrons. The lowest BCUT2D eigenvalue weighted by Crippen LogP contribution is -2.62. The zero-order valence-corrected chi connectivity index (χ0v) is 34.0. The molecule has 0 saturated carbocycles. The molecule has 8 nitrogen and oxygen atoms in total. The molecule has 59 heavy (non-hydrogen) atoms. The first-order chi connectivity index (χ1) is 28.7. The smallest absolute Gasteiger partial charge is 0.239 e. The van der Waals surface area contributed by atoms with Gasteiger partial charge in [0.2, 0.25) is 12.2 Å². The van der Waals surface area contributed by atoms with E-state index >= 15 is 4.39 Å². The molecular formula is C49H52F2N2O6. The van der Waals surface area contributed by atoms with Gasteiger partial charge < -0.3 is 28.4 Å². The number of aryl methyl sites for hydroxylation is 1. The molecule has 0 radical (unpaired) electrons. The summed E-state index contributed by atoms with van der Waals surface area (Å²) in [5.41, 5.74) is 5.70. The zero-order chi connectivity index (χ0) is 41.1. The van der Waals surface area contributed by atoms with Crippen molar-refractivity contribution in [2.75, 3.05) is 6.61 Å². The van der Waals surface area contributed by atoms with Gasteiger partial charge in [-0.2, -0.15) is 0 Å². The van der Waals surface area contributed by atoms with Crippen molar-refractivity contribution in [3.05, 3.63) is 190 Å². The summed E-state index contributed by atoms with van der Waals surface area (Å²) in [4.78, 5) is 0. The lowest BCUT2D eigenvalue weighted by atomic mass is 9.97. The highest BCUT2D eigenvalue weighted by Crippen LogP contribution is 2.35. The Morgan fingerprint density at radius 1 is 0.610 bits per heavy atom. The number of aromatic nitrogens is 2. The minimum absolute atomic E-state index is 0.0412. The highest BCUT2D eigenvalue weighted by molar-refractivity contribution is 5.38. The quantitative estimate of drug-likeness (QED) is 0.0857. The third-order valence-electron chi connectivity index (χ3n) is 10.5. The molecule has 7 rings (SSSR count). The van der Waals surface area contributed by atoms with E-state index in [1.165, 1.54) is 0 Å². The molecule has 0 amide bonds. The van der Waals surface area contributed by atoms with Gasteiger partial charge >= 0.3 is 0 Å². The molecule has 1 aromatic heterocycles. The first-order valence-corrected chi connectivity index (χ1v) is 20.2. The van der Waals surface area contributed by atoms with Crippen LogP contribution in [0.25, 0.3) is 0 Å². The minimum atomic E-state index is -1.09. The highest BCUT2D eigenvalue weighted by Gasteiger charge is 2.50. The van der Waals surface area contributed by atoms with Crippen LogP contribution in [0.15, 0.2) is 133 Å². The molecule has 1 aliphatic rings. The first-order valence-electron chi connectivity index (χ1n) is 20.2. The van der Waals surface area contributed by atoms with Crippen LogP contribution in [-0.2, 0) is 56.5 Å². The monoisotopic (exact) mass is 802 g/mol. The van der Waals surface area contributed by atoms with Gasteiger partial charge in [0.1, 0.15) is 24.4 Å². The lowest BCUT2D eigenvalue weighted by molar-refractivity contribution is -0.310. The van der Waals surface area contributed by atoms with E-state index in [2.05, 4.69) is 0 Å². The third-order valence-corrected chi connectivity index (χ3v) is 10.5. The van der Waals surface area contributed by atoms with Crippen LogP contribution in [0.5, 0.6) is 5.88 Å². The van der Waals surface area contributed by atoms with Crippen molar-refractivity contribution in [3.63, 3.8) is 0 Å². The summed E-state index contributed by atoms with van der Waals surface area (Å²) in [7, 11) is 0. The molecule has 0 bridgehead atoms. The van der Waals surface area contributed by atoms with Crippen molar-refractivity contribution in [2.45, 2.75) is 97.3 Å². The fourth-order valence-corrected chi connectivity index (χ4v) is 7.29. The van der Waals surface area contributed by atoms with Crippen LogP contribution in [0.3, 0.4) is 0 Å². The van der Waals surface area contributed by atoms with Gasteiger partial charge in [-0.15, -0.1) is 5.10 Å². The molecule has 1 unspecified atom stereocenters. The van der Waals surface area contributed by atoms with Gasteiger partial charge in [-0.05, 0) is 61.1 Å². The fourth-order valence-electron chi connectivity index (χ4n) is 7.29. The second-order valence-electron chi connectivity index (χ2n) is 15.2. The van der Waals surface area contributed by atoms with Gasteiger partial charge in [0.05, 0.1) is 33.0 Å². The molecule has 5 aromatic carbocycles. The maximum Gasteiger partial charge on any atom is 0.239 e. The van der Waals surface area contributed by atoms with Crippen molar-refractivity contribution in [1.29, 1.82) is 0 Å². The van der Waals surface area contributed by atoms with Crippen LogP contribution < -0.4 is 4.74 Å². The van der Waals surface area contributed by atoms with E-state index in [0.717, 1.165) is 27.9 Å². The van der Waals surface area contributed by atoms with Crippen LogP contribution in [-0.4, -0.2) is 47.1 Å². The summed E-state index contributed by atoms with van der Waals surface area (Å²) in [6.07, 6.45) is -3.99. The summed E-state index contributed by atoms with van der Waals surface area (Å²) < 4.78 is 72.8. The molecule has 6 aromatic rings. The molecule has 5 atom stereocenters. The molecule has 0 spiro atoms. The number of halogens is 2. The van der Waals surface area contributed by atoms with E-state index in [0.29, 0.717) is 12.2 Å². The summed E-state index contributed by atoms with van der Waals surface area (Å²) >= 11 is 0. The standard InChI is InChI=1S/C49H52F2N2O6/c1-33(2)53-35(4)41(27-40-26-25-34(3)43(50)44(40)51)48(52-53)59-49-47(57-31-39-23-15-8-16-24-39)46(56-30-38-21-13-7-14-22-38)45(55-29-37-19-11-6-12-20-37)42(58-49)32-54-28-36-17-9-5-10-18-36/h5-26,33,42,45-47,49H,27-32H2,1-4H3/t42?,45-,46+,47-,49+/m1/s1. The predicted molar refractivity (Wildman–Crippen MR) is 222 cm³/mol. The van der Waals surface area contributed by atoms with E-state index in [1.54, 1.807) is 19.1 Å². The number of ether oxygens (including phenoxy) is 6. The van der Waals surface area contributed by atoms with Crippen molar-refractivity contribution in [1.82, 2.24) is 9.78 Å². The Hall–Kier alpha value is -5.23. The summed E-state index contributed by atoms with van der Waals surface area (Å²) in [6, 6.07) is 42.8. The SMILES string of the molecule is Cc1ccc(Cc2c(O[C@@H]3OC(COCc4ccccc4)[C@@H](OCc4ccccc4)[C@H](OCc4ccccc4)[C@H]3OCc3ccccc3)nn(C(C)C)c2C)c(F)c1F. The minimum Gasteiger partial charge on any atom is -0.443 e. The van der Waals surface area contributed by atoms with Gasteiger partial charge in [0.25, 0.3) is 0 Å². The average Bonchev–Trinajstić information content (AvgIpc) is 3.57.